The van der Waals surface area contributed by atoms with Crippen molar-refractivity contribution >= 4 is 17.2 Å². The summed E-state index contributed by atoms with van der Waals surface area (Å²) < 4.78 is 5.80. The predicted molar refractivity (Wildman–Crippen MR) is 121 cm³/mol. The van der Waals surface area contributed by atoms with E-state index in [-0.39, 0.29) is 16.0 Å². The van der Waals surface area contributed by atoms with Gasteiger partial charge in [-0.15, -0.1) is 0 Å². The van der Waals surface area contributed by atoms with Crippen LogP contribution in [0, 0.1) is 0 Å². The second-order valence-electron chi connectivity index (χ2n) is 7.94. The van der Waals surface area contributed by atoms with Crippen LogP contribution in [0.1, 0.15) is 44.0 Å². The first kappa shape index (κ1) is 20.9. The van der Waals surface area contributed by atoms with Crippen LogP contribution in [0.2, 0.25) is 5.02 Å². The van der Waals surface area contributed by atoms with Crippen molar-refractivity contribution in [2.24, 2.45) is 0 Å². The molecule has 0 aliphatic carbocycles. The van der Waals surface area contributed by atoms with Crippen LogP contribution >= 0.6 is 11.6 Å². The Morgan fingerprint density at radius 3 is 2.31 bits per heavy atom. The molecule has 0 radical (unpaired) electrons. The molecular formula is C25H26ClNO2. The molecule has 0 unspecified atom stereocenters. The highest BCUT2D eigenvalue weighted by atomic mass is 35.5. The number of rotatable bonds is 6. The Labute approximate surface area is 177 Å². The SMILES string of the molecule is CC(C)(C)c1ccc(/C(=C/CCOc2ccccc2)c2ccc(Cl)c(=O)[nH]2)cc1. The second-order valence-corrected chi connectivity index (χ2v) is 8.35. The summed E-state index contributed by atoms with van der Waals surface area (Å²) in [5.41, 5.74) is 3.79. The fourth-order valence-electron chi connectivity index (χ4n) is 3.04. The van der Waals surface area contributed by atoms with Gasteiger partial charge in [0, 0.05) is 17.7 Å². The lowest BCUT2D eigenvalue weighted by atomic mass is 9.86. The van der Waals surface area contributed by atoms with E-state index in [4.69, 9.17) is 16.3 Å². The first-order valence-corrected chi connectivity index (χ1v) is 10.1. The van der Waals surface area contributed by atoms with E-state index in [9.17, 15) is 4.79 Å². The number of nitrogens with one attached hydrogen (secondary N) is 1. The van der Waals surface area contributed by atoms with Crippen molar-refractivity contribution in [3.8, 4) is 5.75 Å². The highest BCUT2D eigenvalue weighted by molar-refractivity contribution is 6.30. The van der Waals surface area contributed by atoms with Gasteiger partial charge >= 0.3 is 0 Å². The normalized spacial score (nSPS) is 12.1. The molecule has 0 saturated heterocycles. The molecule has 1 heterocycles. The van der Waals surface area contributed by atoms with Gasteiger partial charge < -0.3 is 9.72 Å². The number of halogens is 1. The third-order valence-electron chi connectivity index (χ3n) is 4.69. The van der Waals surface area contributed by atoms with Gasteiger partial charge in [-0.3, -0.25) is 4.79 Å². The van der Waals surface area contributed by atoms with Gasteiger partial charge in [-0.1, -0.05) is 80.9 Å². The number of ether oxygens (including phenoxy) is 1. The van der Waals surface area contributed by atoms with Crippen molar-refractivity contribution in [2.45, 2.75) is 32.6 Å². The lowest BCUT2D eigenvalue weighted by molar-refractivity contribution is 0.325. The molecule has 0 fully saturated rings. The molecule has 3 nitrogen and oxygen atoms in total. The molecule has 3 rings (SSSR count). The summed E-state index contributed by atoms with van der Waals surface area (Å²) in [5, 5.41) is 0.184. The Balaban J connectivity index is 1.87. The zero-order chi connectivity index (χ0) is 20.9. The third kappa shape index (κ3) is 5.61. The third-order valence-corrected chi connectivity index (χ3v) is 4.99. The Hall–Kier alpha value is -2.78. The van der Waals surface area contributed by atoms with E-state index in [1.54, 1.807) is 6.07 Å². The number of pyridine rings is 1. The number of aromatic amines is 1. The number of aromatic nitrogens is 1. The molecular weight excluding hydrogens is 382 g/mol. The number of hydrogen-bond donors (Lipinski definition) is 1. The van der Waals surface area contributed by atoms with Gasteiger partial charge in [0.25, 0.3) is 5.56 Å². The van der Waals surface area contributed by atoms with Crippen molar-refractivity contribution in [1.29, 1.82) is 0 Å². The van der Waals surface area contributed by atoms with Gasteiger partial charge in [0.2, 0.25) is 0 Å². The minimum absolute atomic E-state index is 0.0838. The van der Waals surface area contributed by atoms with Crippen LogP contribution in [0.25, 0.3) is 5.57 Å². The Morgan fingerprint density at radius 2 is 1.69 bits per heavy atom. The molecule has 0 atom stereocenters. The average Bonchev–Trinajstić information content (AvgIpc) is 2.71. The number of H-pyrrole nitrogens is 1. The molecule has 4 heteroatoms. The Kier molecular flexibility index (Phi) is 6.60. The van der Waals surface area contributed by atoms with Gasteiger partial charge in [0.15, 0.2) is 0 Å². The van der Waals surface area contributed by atoms with Crippen LogP contribution in [0.15, 0.2) is 77.6 Å². The number of para-hydroxylation sites is 1. The monoisotopic (exact) mass is 407 g/mol. The lowest BCUT2D eigenvalue weighted by Gasteiger charge is -2.19. The molecule has 0 saturated carbocycles. The van der Waals surface area contributed by atoms with Crippen molar-refractivity contribution in [1.82, 2.24) is 4.98 Å². The summed E-state index contributed by atoms with van der Waals surface area (Å²) in [7, 11) is 0. The minimum Gasteiger partial charge on any atom is -0.493 e. The topological polar surface area (TPSA) is 42.1 Å². The Morgan fingerprint density at radius 1 is 1.00 bits per heavy atom. The second kappa shape index (κ2) is 9.15. The molecule has 1 N–H and O–H groups in total. The maximum Gasteiger partial charge on any atom is 0.267 e. The van der Waals surface area contributed by atoms with E-state index in [0.717, 1.165) is 22.6 Å². The van der Waals surface area contributed by atoms with Gasteiger partial charge in [-0.2, -0.15) is 0 Å². The van der Waals surface area contributed by atoms with Crippen molar-refractivity contribution in [3.05, 3.63) is 105 Å². The van der Waals surface area contributed by atoms with Crippen molar-refractivity contribution in [3.63, 3.8) is 0 Å². The summed E-state index contributed by atoms with van der Waals surface area (Å²) >= 11 is 5.91. The van der Waals surface area contributed by atoms with Crippen LogP contribution in [0.5, 0.6) is 5.75 Å². The quantitative estimate of drug-likeness (QED) is 0.492. The summed E-state index contributed by atoms with van der Waals surface area (Å²) in [6.45, 7) is 7.12. The highest BCUT2D eigenvalue weighted by Gasteiger charge is 2.14. The summed E-state index contributed by atoms with van der Waals surface area (Å²) in [5.74, 6) is 0.844. The zero-order valence-electron chi connectivity index (χ0n) is 17.0. The van der Waals surface area contributed by atoms with Crippen LogP contribution < -0.4 is 10.3 Å². The molecule has 29 heavy (non-hydrogen) atoms. The predicted octanol–water partition coefficient (Wildman–Crippen LogP) is 6.23. The zero-order valence-corrected chi connectivity index (χ0v) is 17.8. The first-order valence-electron chi connectivity index (χ1n) is 9.73. The van der Waals surface area contributed by atoms with Crippen LogP contribution in [-0.4, -0.2) is 11.6 Å². The maximum atomic E-state index is 12.0. The fourth-order valence-corrected chi connectivity index (χ4v) is 3.15. The van der Waals surface area contributed by atoms with Crippen LogP contribution in [-0.2, 0) is 5.41 Å². The van der Waals surface area contributed by atoms with E-state index >= 15 is 0 Å². The summed E-state index contributed by atoms with van der Waals surface area (Å²) in [4.78, 5) is 14.9. The standard InChI is InChI=1S/C25H26ClNO2/c1-25(2,3)19-13-11-18(12-14-19)21(23-16-15-22(26)24(28)27-23)10-7-17-29-20-8-5-4-6-9-20/h4-6,8-16H,7,17H2,1-3H3,(H,27,28)/b21-10-. The average molecular weight is 408 g/mol. The summed E-state index contributed by atoms with van der Waals surface area (Å²) in [6.07, 6.45) is 2.80. The lowest BCUT2D eigenvalue weighted by Crippen LogP contribution is -2.11. The van der Waals surface area contributed by atoms with Gasteiger partial charge in [-0.05, 0) is 40.8 Å². The molecule has 0 spiro atoms. The maximum absolute atomic E-state index is 12.0. The van der Waals surface area contributed by atoms with E-state index in [2.05, 4.69) is 56.1 Å². The number of benzene rings is 2. The van der Waals surface area contributed by atoms with E-state index in [1.807, 2.05) is 36.4 Å². The van der Waals surface area contributed by atoms with Crippen LogP contribution in [0.3, 0.4) is 0 Å². The molecule has 0 bridgehead atoms. The molecule has 0 amide bonds. The highest BCUT2D eigenvalue weighted by Crippen LogP contribution is 2.27. The van der Waals surface area contributed by atoms with Crippen molar-refractivity contribution < 1.29 is 4.74 Å². The van der Waals surface area contributed by atoms with Crippen LogP contribution in [0.4, 0.5) is 0 Å². The smallest absolute Gasteiger partial charge is 0.267 e. The van der Waals surface area contributed by atoms with Gasteiger partial charge in [0.05, 0.1) is 6.61 Å². The van der Waals surface area contributed by atoms with E-state index in [1.165, 1.54) is 5.56 Å². The first-order chi connectivity index (χ1) is 13.8. The fraction of sp³-hybridized carbons (Fsp3) is 0.240. The van der Waals surface area contributed by atoms with Gasteiger partial charge in [0.1, 0.15) is 10.8 Å². The molecule has 3 aromatic rings. The number of hydrogen-bond acceptors (Lipinski definition) is 2. The molecule has 150 valence electrons. The minimum atomic E-state index is -0.290. The van der Waals surface area contributed by atoms with Crippen molar-refractivity contribution in [2.75, 3.05) is 6.61 Å². The molecule has 0 aliphatic rings. The Bertz CT molecular complexity index is 1030. The van der Waals surface area contributed by atoms with E-state index < -0.39 is 0 Å². The summed E-state index contributed by atoms with van der Waals surface area (Å²) in [6, 6.07) is 21.7. The van der Waals surface area contributed by atoms with E-state index in [0.29, 0.717) is 13.0 Å². The van der Waals surface area contributed by atoms with Gasteiger partial charge in [-0.25, -0.2) is 0 Å². The largest absolute Gasteiger partial charge is 0.493 e. The molecule has 1 aromatic heterocycles. The molecule has 2 aromatic carbocycles. The molecule has 0 aliphatic heterocycles.